The molecule has 1 amide bonds. The summed E-state index contributed by atoms with van der Waals surface area (Å²) in [5.74, 6) is 2.74. The largest absolute Gasteiger partial charge is 0.370 e. The van der Waals surface area contributed by atoms with Gasteiger partial charge in [-0.05, 0) is 31.7 Å². The zero-order valence-corrected chi connectivity index (χ0v) is 12.0. The summed E-state index contributed by atoms with van der Waals surface area (Å²) in [6.45, 7) is 6.96. The van der Waals surface area contributed by atoms with Gasteiger partial charge in [0.25, 0.3) is 5.91 Å². The minimum absolute atomic E-state index is 0.0604. The minimum Gasteiger partial charge on any atom is -0.370 e. The molecule has 2 N–H and O–H groups in total. The van der Waals surface area contributed by atoms with Gasteiger partial charge in [-0.15, -0.1) is 0 Å². The molecular formula is C13H21N3OS. The molecule has 5 heteroatoms. The van der Waals surface area contributed by atoms with Crippen molar-refractivity contribution in [2.75, 3.05) is 23.4 Å². The van der Waals surface area contributed by atoms with E-state index in [1.807, 2.05) is 31.7 Å². The average Bonchev–Trinajstić information content (AvgIpc) is 2.37. The van der Waals surface area contributed by atoms with E-state index in [1.54, 1.807) is 12.3 Å². The van der Waals surface area contributed by atoms with Crippen LogP contribution in [0.5, 0.6) is 0 Å². The SMILES string of the molecule is CCNc1ccc(C(=O)NC(C)CSCC)cn1. The number of anilines is 1. The standard InChI is InChI=1S/C13H21N3OS/c1-4-14-12-7-6-11(8-15-12)13(17)16-10(3)9-18-5-2/h6-8,10H,4-5,9H2,1-3H3,(H,14,15)(H,16,17). The second kappa shape index (κ2) is 7.97. The van der Waals surface area contributed by atoms with Crippen LogP contribution in [0.25, 0.3) is 0 Å². The van der Waals surface area contributed by atoms with Crippen LogP contribution in [0.15, 0.2) is 18.3 Å². The highest BCUT2D eigenvalue weighted by atomic mass is 32.2. The lowest BCUT2D eigenvalue weighted by molar-refractivity contribution is 0.0943. The number of rotatable bonds is 7. The number of aromatic nitrogens is 1. The molecule has 0 saturated heterocycles. The highest BCUT2D eigenvalue weighted by Gasteiger charge is 2.09. The number of pyridine rings is 1. The third-order valence-electron chi connectivity index (χ3n) is 2.33. The molecule has 0 aliphatic rings. The van der Waals surface area contributed by atoms with Gasteiger partial charge in [-0.1, -0.05) is 6.92 Å². The molecule has 0 fully saturated rings. The van der Waals surface area contributed by atoms with Crippen LogP contribution >= 0.6 is 11.8 Å². The second-order valence-corrected chi connectivity index (χ2v) is 5.32. The first-order chi connectivity index (χ1) is 8.67. The molecule has 0 aliphatic heterocycles. The maximum Gasteiger partial charge on any atom is 0.253 e. The third kappa shape index (κ3) is 4.96. The Morgan fingerprint density at radius 1 is 1.44 bits per heavy atom. The Morgan fingerprint density at radius 2 is 2.22 bits per heavy atom. The molecule has 4 nitrogen and oxygen atoms in total. The lowest BCUT2D eigenvalue weighted by Gasteiger charge is -2.13. The molecule has 0 aliphatic carbocycles. The maximum absolute atomic E-state index is 11.9. The fourth-order valence-electron chi connectivity index (χ4n) is 1.46. The van der Waals surface area contributed by atoms with Crippen molar-refractivity contribution in [3.05, 3.63) is 23.9 Å². The van der Waals surface area contributed by atoms with Crippen LogP contribution in [-0.4, -0.2) is 35.0 Å². The van der Waals surface area contributed by atoms with Crippen LogP contribution in [0.1, 0.15) is 31.1 Å². The van der Waals surface area contributed by atoms with Gasteiger partial charge in [0.05, 0.1) is 5.56 Å². The van der Waals surface area contributed by atoms with Crippen molar-refractivity contribution in [3.8, 4) is 0 Å². The Morgan fingerprint density at radius 3 is 2.78 bits per heavy atom. The van der Waals surface area contributed by atoms with Crippen molar-refractivity contribution in [2.24, 2.45) is 0 Å². The first kappa shape index (κ1) is 14.8. The molecule has 0 aromatic carbocycles. The van der Waals surface area contributed by atoms with Crippen LogP contribution in [0.2, 0.25) is 0 Å². The number of carbonyl (C=O) groups excluding carboxylic acids is 1. The monoisotopic (exact) mass is 267 g/mol. The lowest BCUT2D eigenvalue weighted by Crippen LogP contribution is -2.34. The smallest absolute Gasteiger partial charge is 0.253 e. The zero-order valence-electron chi connectivity index (χ0n) is 11.2. The molecular weight excluding hydrogens is 246 g/mol. The summed E-state index contributed by atoms with van der Waals surface area (Å²) in [6, 6.07) is 3.79. The predicted molar refractivity (Wildman–Crippen MR) is 78.3 cm³/mol. The molecule has 1 aromatic heterocycles. The molecule has 18 heavy (non-hydrogen) atoms. The second-order valence-electron chi connectivity index (χ2n) is 4.00. The third-order valence-corrected chi connectivity index (χ3v) is 3.48. The van der Waals surface area contributed by atoms with Crippen LogP contribution in [-0.2, 0) is 0 Å². The first-order valence-corrected chi connectivity index (χ1v) is 7.41. The summed E-state index contributed by atoms with van der Waals surface area (Å²) >= 11 is 1.82. The molecule has 0 bridgehead atoms. The average molecular weight is 267 g/mol. The van der Waals surface area contributed by atoms with Gasteiger partial charge in [-0.25, -0.2) is 4.98 Å². The van der Waals surface area contributed by atoms with E-state index in [4.69, 9.17) is 0 Å². The van der Waals surface area contributed by atoms with Gasteiger partial charge in [0.15, 0.2) is 0 Å². The molecule has 1 rings (SSSR count). The van der Waals surface area contributed by atoms with E-state index in [9.17, 15) is 4.79 Å². The zero-order chi connectivity index (χ0) is 13.4. The maximum atomic E-state index is 11.9. The van der Waals surface area contributed by atoms with Gasteiger partial charge < -0.3 is 10.6 Å². The number of thioether (sulfide) groups is 1. The fraction of sp³-hybridized carbons (Fsp3) is 0.538. The molecule has 0 saturated carbocycles. The van der Waals surface area contributed by atoms with Gasteiger partial charge >= 0.3 is 0 Å². The summed E-state index contributed by atoms with van der Waals surface area (Å²) in [7, 11) is 0. The van der Waals surface area contributed by atoms with Gasteiger partial charge in [0.1, 0.15) is 5.82 Å². The van der Waals surface area contributed by atoms with Gasteiger partial charge in [-0.3, -0.25) is 4.79 Å². The van der Waals surface area contributed by atoms with Crippen molar-refractivity contribution < 1.29 is 4.79 Å². The Labute approximate surface area is 113 Å². The van der Waals surface area contributed by atoms with E-state index in [1.165, 1.54) is 0 Å². The lowest BCUT2D eigenvalue weighted by atomic mass is 10.2. The quantitative estimate of drug-likeness (QED) is 0.796. The number of hydrogen-bond acceptors (Lipinski definition) is 4. The molecule has 0 spiro atoms. The molecule has 0 radical (unpaired) electrons. The van der Waals surface area contributed by atoms with E-state index < -0.39 is 0 Å². The topological polar surface area (TPSA) is 54.0 Å². The van der Waals surface area contributed by atoms with Crippen LogP contribution < -0.4 is 10.6 Å². The number of hydrogen-bond donors (Lipinski definition) is 2. The van der Waals surface area contributed by atoms with E-state index in [0.29, 0.717) is 5.56 Å². The first-order valence-electron chi connectivity index (χ1n) is 6.25. The molecule has 1 unspecified atom stereocenters. The fourth-order valence-corrected chi connectivity index (χ4v) is 2.13. The van der Waals surface area contributed by atoms with E-state index in [-0.39, 0.29) is 11.9 Å². The predicted octanol–water partition coefficient (Wildman–Crippen LogP) is 2.38. The normalized spacial score (nSPS) is 11.9. The number of nitrogens with one attached hydrogen (secondary N) is 2. The van der Waals surface area contributed by atoms with Crippen LogP contribution in [0, 0.1) is 0 Å². The highest BCUT2D eigenvalue weighted by Crippen LogP contribution is 2.06. The Hall–Kier alpha value is -1.23. The molecule has 1 atom stereocenters. The highest BCUT2D eigenvalue weighted by molar-refractivity contribution is 7.99. The Bertz CT molecular complexity index is 367. The van der Waals surface area contributed by atoms with Crippen molar-refractivity contribution in [2.45, 2.75) is 26.8 Å². The van der Waals surface area contributed by atoms with Crippen molar-refractivity contribution in [1.82, 2.24) is 10.3 Å². The van der Waals surface area contributed by atoms with Gasteiger partial charge in [-0.2, -0.15) is 11.8 Å². The van der Waals surface area contributed by atoms with E-state index >= 15 is 0 Å². The number of carbonyl (C=O) groups is 1. The summed E-state index contributed by atoms with van der Waals surface area (Å²) in [4.78, 5) is 16.1. The van der Waals surface area contributed by atoms with Gasteiger partial charge in [0, 0.05) is 24.5 Å². The van der Waals surface area contributed by atoms with E-state index in [0.717, 1.165) is 23.9 Å². The summed E-state index contributed by atoms with van der Waals surface area (Å²) in [6.07, 6.45) is 1.60. The summed E-state index contributed by atoms with van der Waals surface area (Å²) in [5.41, 5.74) is 0.602. The van der Waals surface area contributed by atoms with Crippen LogP contribution in [0.3, 0.4) is 0 Å². The van der Waals surface area contributed by atoms with Crippen molar-refractivity contribution >= 4 is 23.5 Å². The molecule has 1 aromatic rings. The Balaban J connectivity index is 2.50. The number of nitrogens with zero attached hydrogens (tertiary/aromatic N) is 1. The van der Waals surface area contributed by atoms with Gasteiger partial charge in [0.2, 0.25) is 0 Å². The molecule has 1 heterocycles. The van der Waals surface area contributed by atoms with Crippen molar-refractivity contribution in [3.63, 3.8) is 0 Å². The van der Waals surface area contributed by atoms with Crippen molar-refractivity contribution in [1.29, 1.82) is 0 Å². The number of amides is 1. The Kier molecular flexibility index (Phi) is 6.57. The van der Waals surface area contributed by atoms with Crippen LogP contribution in [0.4, 0.5) is 5.82 Å². The minimum atomic E-state index is -0.0604. The summed E-state index contributed by atoms with van der Waals surface area (Å²) < 4.78 is 0. The summed E-state index contributed by atoms with van der Waals surface area (Å²) in [5, 5.41) is 6.06. The molecule has 100 valence electrons. The van der Waals surface area contributed by atoms with E-state index in [2.05, 4.69) is 22.5 Å².